The number of para-hydroxylation sites is 1. The summed E-state index contributed by atoms with van der Waals surface area (Å²) >= 11 is 0. The van der Waals surface area contributed by atoms with E-state index in [0.29, 0.717) is 11.3 Å². The van der Waals surface area contributed by atoms with E-state index in [-0.39, 0.29) is 12.2 Å². The van der Waals surface area contributed by atoms with Crippen molar-refractivity contribution in [1.82, 2.24) is 0 Å². The van der Waals surface area contributed by atoms with Crippen molar-refractivity contribution in [1.29, 1.82) is 0 Å². The van der Waals surface area contributed by atoms with Crippen LogP contribution in [0.1, 0.15) is 25.0 Å². The summed E-state index contributed by atoms with van der Waals surface area (Å²) in [4.78, 5) is 11.9. The van der Waals surface area contributed by atoms with Crippen molar-refractivity contribution in [2.45, 2.75) is 25.5 Å². The SMILES string of the molecule is CC(O)c1ccccc1NC(=O)C(N)CCS(C)(=O)=O. The Morgan fingerprint density at radius 3 is 2.55 bits per heavy atom. The lowest BCUT2D eigenvalue weighted by molar-refractivity contribution is -0.117. The highest BCUT2D eigenvalue weighted by Gasteiger charge is 2.17. The van der Waals surface area contributed by atoms with Gasteiger partial charge in [-0.25, -0.2) is 8.42 Å². The van der Waals surface area contributed by atoms with Crippen molar-refractivity contribution in [3.63, 3.8) is 0 Å². The van der Waals surface area contributed by atoms with Crippen LogP contribution in [0.25, 0.3) is 0 Å². The molecule has 1 rings (SSSR count). The predicted octanol–water partition coefficient (Wildman–Crippen LogP) is 0.440. The van der Waals surface area contributed by atoms with E-state index < -0.39 is 27.9 Å². The number of sulfone groups is 1. The van der Waals surface area contributed by atoms with E-state index in [9.17, 15) is 18.3 Å². The fraction of sp³-hybridized carbons (Fsp3) is 0.462. The number of benzene rings is 1. The largest absolute Gasteiger partial charge is 0.389 e. The smallest absolute Gasteiger partial charge is 0.241 e. The van der Waals surface area contributed by atoms with Crippen molar-refractivity contribution in [2.75, 3.05) is 17.3 Å². The van der Waals surface area contributed by atoms with Crippen LogP contribution in [0, 0.1) is 0 Å². The van der Waals surface area contributed by atoms with Crippen LogP contribution in [-0.4, -0.2) is 37.5 Å². The lowest BCUT2D eigenvalue weighted by atomic mass is 10.1. The zero-order valence-corrected chi connectivity index (χ0v) is 12.4. The van der Waals surface area contributed by atoms with Crippen LogP contribution in [0.15, 0.2) is 24.3 Å². The molecule has 0 spiro atoms. The van der Waals surface area contributed by atoms with Crippen molar-refractivity contribution >= 4 is 21.4 Å². The Labute approximate surface area is 118 Å². The summed E-state index contributed by atoms with van der Waals surface area (Å²) in [5, 5.41) is 12.2. The van der Waals surface area contributed by atoms with Gasteiger partial charge in [0.2, 0.25) is 5.91 Å². The summed E-state index contributed by atoms with van der Waals surface area (Å²) < 4.78 is 22.1. The molecule has 0 aliphatic rings. The minimum Gasteiger partial charge on any atom is -0.389 e. The van der Waals surface area contributed by atoms with E-state index in [1.54, 1.807) is 31.2 Å². The lowest BCUT2D eigenvalue weighted by Gasteiger charge is -2.15. The molecule has 1 amide bonds. The molecule has 0 heterocycles. The summed E-state index contributed by atoms with van der Waals surface area (Å²) in [6.45, 7) is 1.59. The van der Waals surface area contributed by atoms with Crippen molar-refractivity contribution < 1.29 is 18.3 Å². The van der Waals surface area contributed by atoms with E-state index in [1.807, 2.05) is 0 Å². The number of aliphatic hydroxyl groups excluding tert-OH is 1. The van der Waals surface area contributed by atoms with Crippen LogP contribution in [0.4, 0.5) is 5.69 Å². The fourth-order valence-corrected chi connectivity index (χ4v) is 2.35. The van der Waals surface area contributed by atoms with Crippen LogP contribution in [0.2, 0.25) is 0 Å². The molecule has 0 aromatic heterocycles. The minimum absolute atomic E-state index is 0.0571. The Morgan fingerprint density at radius 1 is 1.40 bits per heavy atom. The number of hydrogen-bond acceptors (Lipinski definition) is 5. The maximum atomic E-state index is 11.9. The summed E-state index contributed by atoms with van der Waals surface area (Å²) in [7, 11) is -3.15. The number of rotatable bonds is 6. The second-order valence-electron chi connectivity index (χ2n) is 4.78. The van der Waals surface area contributed by atoms with Gasteiger partial charge in [0, 0.05) is 17.5 Å². The third kappa shape index (κ3) is 5.28. The zero-order chi connectivity index (χ0) is 15.3. The van der Waals surface area contributed by atoms with Gasteiger partial charge >= 0.3 is 0 Å². The number of nitrogens with two attached hydrogens (primary N) is 1. The Hall–Kier alpha value is -1.44. The van der Waals surface area contributed by atoms with Gasteiger partial charge in [-0.05, 0) is 19.4 Å². The Morgan fingerprint density at radius 2 is 2.00 bits per heavy atom. The third-order valence-electron chi connectivity index (χ3n) is 2.81. The highest BCUT2D eigenvalue weighted by Crippen LogP contribution is 2.22. The molecule has 7 heteroatoms. The molecule has 1 aromatic carbocycles. The van der Waals surface area contributed by atoms with Gasteiger partial charge in [-0.1, -0.05) is 18.2 Å². The average molecular weight is 300 g/mol. The number of nitrogens with one attached hydrogen (secondary N) is 1. The van der Waals surface area contributed by atoms with Gasteiger partial charge in [0.1, 0.15) is 9.84 Å². The van der Waals surface area contributed by atoms with E-state index in [2.05, 4.69) is 5.32 Å². The first-order valence-corrected chi connectivity index (χ1v) is 8.28. The summed E-state index contributed by atoms with van der Waals surface area (Å²) in [5.74, 6) is -0.610. The van der Waals surface area contributed by atoms with Gasteiger partial charge in [-0.2, -0.15) is 0 Å². The maximum absolute atomic E-state index is 11.9. The molecule has 20 heavy (non-hydrogen) atoms. The second kappa shape index (κ2) is 6.83. The van der Waals surface area contributed by atoms with Crippen molar-refractivity contribution in [2.24, 2.45) is 5.73 Å². The minimum atomic E-state index is -3.15. The molecule has 2 atom stereocenters. The van der Waals surface area contributed by atoms with E-state index in [1.165, 1.54) is 0 Å². The van der Waals surface area contributed by atoms with E-state index >= 15 is 0 Å². The quantitative estimate of drug-likeness (QED) is 0.706. The molecular weight excluding hydrogens is 280 g/mol. The average Bonchev–Trinajstić information content (AvgIpc) is 2.35. The Kier molecular flexibility index (Phi) is 5.67. The van der Waals surface area contributed by atoms with Crippen LogP contribution >= 0.6 is 0 Å². The van der Waals surface area contributed by atoms with Gasteiger partial charge in [0.05, 0.1) is 17.9 Å². The van der Waals surface area contributed by atoms with E-state index in [0.717, 1.165) is 6.26 Å². The maximum Gasteiger partial charge on any atom is 0.241 e. The monoisotopic (exact) mass is 300 g/mol. The fourth-order valence-electron chi connectivity index (χ4n) is 1.67. The lowest BCUT2D eigenvalue weighted by Crippen LogP contribution is -2.37. The molecule has 0 aliphatic heterocycles. The third-order valence-corrected chi connectivity index (χ3v) is 3.78. The number of carbonyl (C=O) groups excluding carboxylic acids is 1. The van der Waals surface area contributed by atoms with Crippen LogP contribution in [0.3, 0.4) is 0 Å². The van der Waals surface area contributed by atoms with Gasteiger partial charge in [0.25, 0.3) is 0 Å². The molecule has 0 saturated carbocycles. The molecular formula is C13H20N2O4S. The first-order chi connectivity index (χ1) is 9.20. The molecule has 0 aliphatic carbocycles. The first kappa shape index (κ1) is 16.6. The number of carbonyl (C=O) groups is 1. The highest BCUT2D eigenvalue weighted by molar-refractivity contribution is 7.90. The predicted molar refractivity (Wildman–Crippen MR) is 78.0 cm³/mol. The molecule has 0 bridgehead atoms. The molecule has 6 nitrogen and oxygen atoms in total. The van der Waals surface area contributed by atoms with Crippen LogP contribution in [-0.2, 0) is 14.6 Å². The van der Waals surface area contributed by atoms with Gasteiger partial charge in [-0.3, -0.25) is 4.79 Å². The highest BCUT2D eigenvalue weighted by atomic mass is 32.2. The molecule has 4 N–H and O–H groups in total. The van der Waals surface area contributed by atoms with Gasteiger partial charge < -0.3 is 16.2 Å². The zero-order valence-electron chi connectivity index (χ0n) is 11.5. The normalized spacial score (nSPS) is 14.6. The van der Waals surface area contributed by atoms with Crippen molar-refractivity contribution in [3.8, 4) is 0 Å². The summed E-state index contributed by atoms with van der Waals surface area (Å²) in [5.41, 5.74) is 6.71. The number of anilines is 1. The standard InChI is InChI=1S/C13H20N2O4S/c1-9(16)10-5-3-4-6-12(10)15-13(17)11(14)7-8-20(2,18)19/h3-6,9,11,16H,7-8,14H2,1-2H3,(H,15,17). The molecule has 0 saturated heterocycles. The summed E-state index contributed by atoms with van der Waals surface area (Å²) in [6.07, 6.45) is 0.431. The van der Waals surface area contributed by atoms with Crippen LogP contribution < -0.4 is 11.1 Å². The van der Waals surface area contributed by atoms with Crippen LogP contribution in [0.5, 0.6) is 0 Å². The molecule has 2 unspecified atom stereocenters. The molecule has 112 valence electrons. The molecule has 1 aromatic rings. The number of hydrogen-bond donors (Lipinski definition) is 3. The molecule has 0 fully saturated rings. The van der Waals surface area contributed by atoms with Crippen molar-refractivity contribution in [3.05, 3.63) is 29.8 Å². The topological polar surface area (TPSA) is 109 Å². The Balaban J connectivity index is 2.71. The second-order valence-corrected chi connectivity index (χ2v) is 7.04. The number of amides is 1. The van der Waals surface area contributed by atoms with E-state index in [4.69, 9.17) is 5.73 Å². The molecule has 0 radical (unpaired) electrons. The number of aliphatic hydroxyl groups is 1. The van der Waals surface area contributed by atoms with Gasteiger partial charge in [0.15, 0.2) is 0 Å². The van der Waals surface area contributed by atoms with Gasteiger partial charge in [-0.15, -0.1) is 0 Å². The summed E-state index contributed by atoms with van der Waals surface area (Å²) in [6, 6.07) is 5.92. The Bertz CT molecular complexity index is 569. The first-order valence-electron chi connectivity index (χ1n) is 6.22.